The van der Waals surface area contributed by atoms with Gasteiger partial charge in [0.2, 0.25) is 17.8 Å². The molecule has 0 bridgehead atoms. The van der Waals surface area contributed by atoms with Crippen LogP contribution in [-0.2, 0) is 9.59 Å². The molecule has 9 heteroatoms. The minimum absolute atomic E-state index is 0.119. The topological polar surface area (TPSA) is 107 Å². The Morgan fingerprint density at radius 2 is 2.04 bits per heavy atom. The van der Waals surface area contributed by atoms with Crippen molar-refractivity contribution in [2.45, 2.75) is 32.1 Å². The average molecular weight is 402 g/mol. The van der Waals surface area contributed by atoms with Gasteiger partial charge in [-0.25, -0.2) is 0 Å². The molecule has 0 aliphatic carbocycles. The number of fused-ring (bicyclic) bond motifs is 1. The number of amides is 2. The van der Waals surface area contributed by atoms with E-state index >= 15 is 0 Å². The van der Waals surface area contributed by atoms with E-state index < -0.39 is 17.4 Å². The summed E-state index contributed by atoms with van der Waals surface area (Å²) in [5.74, 6) is -1.14. The molecule has 8 nitrogen and oxygen atoms in total. The van der Waals surface area contributed by atoms with Gasteiger partial charge in [0.25, 0.3) is 5.56 Å². The van der Waals surface area contributed by atoms with Crippen molar-refractivity contribution >= 4 is 40.9 Å². The molecule has 28 heavy (non-hydrogen) atoms. The van der Waals surface area contributed by atoms with Crippen LogP contribution in [0.3, 0.4) is 0 Å². The van der Waals surface area contributed by atoms with Gasteiger partial charge in [0.1, 0.15) is 5.82 Å². The van der Waals surface area contributed by atoms with Crippen molar-refractivity contribution in [2.24, 2.45) is 0 Å². The molecule has 1 fully saturated rings. The number of carbonyl (C=O) groups is 2. The first-order valence-electron chi connectivity index (χ1n) is 9.18. The second kappa shape index (κ2) is 7.27. The second-order valence-electron chi connectivity index (χ2n) is 7.10. The van der Waals surface area contributed by atoms with Crippen LogP contribution in [0.4, 0.5) is 17.5 Å². The maximum absolute atomic E-state index is 12.8. The fraction of sp³-hybridized carbons (Fsp3) is 0.368. The molecule has 4 rings (SSSR count). The molecule has 1 unspecified atom stereocenters. The highest BCUT2D eigenvalue weighted by atomic mass is 35.5. The van der Waals surface area contributed by atoms with Gasteiger partial charge in [-0.3, -0.25) is 19.4 Å². The summed E-state index contributed by atoms with van der Waals surface area (Å²) < 4.78 is 0. The van der Waals surface area contributed by atoms with Crippen molar-refractivity contribution < 1.29 is 9.59 Å². The van der Waals surface area contributed by atoms with Crippen molar-refractivity contribution in [3.8, 4) is 0 Å². The summed E-state index contributed by atoms with van der Waals surface area (Å²) in [7, 11) is 0. The Kier molecular flexibility index (Phi) is 4.80. The minimum atomic E-state index is -0.923. The molecule has 1 aromatic carbocycles. The molecule has 3 N–H and O–H groups in total. The van der Waals surface area contributed by atoms with Gasteiger partial charge in [-0.1, -0.05) is 17.7 Å². The third kappa shape index (κ3) is 3.47. The maximum atomic E-state index is 12.8. The summed E-state index contributed by atoms with van der Waals surface area (Å²) in [6.45, 7) is 3.46. The number of hydrogen-bond donors (Lipinski definition) is 3. The van der Waals surface area contributed by atoms with E-state index in [9.17, 15) is 14.4 Å². The number of H-pyrrole nitrogens is 1. The third-order valence-corrected chi connectivity index (χ3v) is 5.51. The zero-order valence-electron chi connectivity index (χ0n) is 15.3. The quantitative estimate of drug-likeness (QED) is 0.732. The molecule has 1 aromatic heterocycles. The van der Waals surface area contributed by atoms with Crippen molar-refractivity contribution in [3.63, 3.8) is 0 Å². The molecule has 0 saturated carbocycles. The molecular weight excluding hydrogens is 382 g/mol. The Labute approximate surface area is 166 Å². The van der Waals surface area contributed by atoms with E-state index in [4.69, 9.17) is 11.6 Å². The summed E-state index contributed by atoms with van der Waals surface area (Å²) in [5.41, 5.74) is 1.16. The minimum Gasteiger partial charge on any atom is -0.342 e. The van der Waals surface area contributed by atoms with Crippen LogP contribution < -0.4 is 21.1 Å². The zero-order chi connectivity index (χ0) is 19.8. The van der Waals surface area contributed by atoms with Gasteiger partial charge in [0, 0.05) is 30.2 Å². The first-order chi connectivity index (χ1) is 13.4. The highest BCUT2D eigenvalue weighted by Gasteiger charge is 2.35. The van der Waals surface area contributed by atoms with Gasteiger partial charge in [0.05, 0.1) is 11.5 Å². The van der Waals surface area contributed by atoms with Crippen molar-refractivity contribution in [1.82, 2.24) is 9.97 Å². The molecular formula is C19H20ClN5O3. The highest BCUT2D eigenvalue weighted by Crippen LogP contribution is 2.31. The number of rotatable bonds is 3. The van der Waals surface area contributed by atoms with E-state index in [-0.39, 0.29) is 23.7 Å². The van der Waals surface area contributed by atoms with Crippen molar-refractivity contribution in [3.05, 3.63) is 44.7 Å². The van der Waals surface area contributed by atoms with Crippen LogP contribution in [0.5, 0.6) is 0 Å². The average Bonchev–Trinajstić information content (AvgIpc) is 3.18. The standard InChI is InChI=1S/C19H20ClN5O3/c1-10-4-5-11(8-13(10)20)21-17(27)12-9-14(26)22-16-15(12)18(28)24-19(23-16)25-6-2-3-7-25/h4-5,8,12H,2-3,6-7,9H2,1H3,(H,21,27)(H2,22,23,24,26,28). The number of hydrogen-bond acceptors (Lipinski definition) is 5. The Balaban J connectivity index is 1.65. The molecule has 3 heterocycles. The van der Waals surface area contributed by atoms with Gasteiger partial charge >= 0.3 is 0 Å². The molecule has 2 aliphatic heterocycles. The summed E-state index contributed by atoms with van der Waals surface area (Å²) >= 11 is 6.11. The van der Waals surface area contributed by atoms with Crippen LogP contribution in [0.2, 0.25) is 5.02 Å². The van der Waals surface area contributed by atoms with E-state index in [0.29, 0.717) is 16.7 Å². The smallest absolute Gasteiger partial charge is 0.258 e. The van der Waals surface area contributed by atoms with E-state index in [1.807, 2.05) is 11.8 Å². The van der Waals surface area contributed by atoms with Gasteiger partial charge in [-0.05, 0) is 37.5 Å². The molecule has 2 aromatic rings. The van der Waals surface area contributed by atoms with Gasteiger partial charge in [-0.2, -0.15) is 4.98 Å². The molecule has 1 atom stereocenters. The first-order valence-corrected chi connectivity index (χ1v) is 9.56. The molecule has 1 saturated heterocycles. The van der Waals surface area contributed by atoms with Crippen LogP contribution in [-0.4, -0.2) is 34.9 Å². The molecule has 146 valence electrons. The number of aryl methyl sites for hydroxylation is 1. The molecule has 0 spiro atoms. The van der Waals surface area contributed by atoms with Gasteiger partial charge < -0.3 is 15.5 Å². The molecule has 2 aliphatic rings. The summed E-state index contributed by atoms with van der Waals surface area (Å²) in [5, 5.41) is 5.90. The fourth-order valence-electron chi connectivity index (χ4n) is 3.56. The Morgan fingerprint density at radius 1 is 1.29 bits per heavy atom. The van der Waals surface area contributed by atoms with E-state index in [1.54, 1.807) is 18.2 Å². The molecule has 2 amide bonds. The number of nitrogens with one attached hydrogen (secondary N) is 3. The Morgan fingerprint density at radius 3 is 2.75 bits per heavy atom. The van der Waals surface area contributed by atoms with Crippen LogP contribution in [0.25, 0.3) is 0 Å². The number of carbonyl (C=O) groups excluding carboxylic acids is 2. The Bertz CT molecular complexity index is 1010. The SMILES string of the molecule is Cc1ccc(NC(=O)C2CC(=O)Nc3nc(N4CCCC4)[nH]c(=O)c32)cc1Cl. The van der Waals surface area contributed by atoms with Crippen LogP contribution in [0, 0.1) is 6.92 Å². The highest BCUT2D eigenvalue weighted by molar-refractivity contribution is 6.31. The summed E-state index contributed by atoms with van der Waals surface area (Å²) in [6.07, 6.45) is 1.93. The normalized spacial score (nSPS) is 18.6. The second-order valence-corrected chi connectivity index (χ2v) is 7.51. The predicted molar refractivity (Wildman–Crippen MR) is 107 cm³/mol. The van der Waals surface area contributed by atoms with Crippen LogP contribution in [0.1, 0.15) is 36.3 Å². The number of aromatic amines is 1. The lowest BCUT2D eigenvalue weighted by Gasteiger charge is -2.25. The van der Waals surface area contributed by atoms with E-state index in [1.165, 1.54) is 0 Å². The first kappa shape index (κ1) is 18.5. The van der Waals surface area contributed by atoms with E-state index in [0.717, 1.165) is 31.5 Å². The number of halogens is 1. The van der Waals surface area contributed by atoms with Crippen molar-refractivity contribution in [2.75, 3.05) is 28.6 Å². The lowest BCUT2D eigenvalue weighted by Crippen LogP contribution is -2.37. The van der Waals surface area contributed by atoms with Crippen LogP contribution >= 0.6 is 11.6 Å². The molecule has 0 radical (unpaired) electrons. The summed E-state index contributed by atoms with van der Waals surface area (Å²) in [6, 6.07) is 5.15. The fourth-order valence-corrected chi connectivity index (χ4v) is 3.74. The van der Waals surface area contributed by atoms with Gasteiger partial charge in [-0.15, -0.1) is 0 Å². The zero-order valence-corrected chi connectivity index (χ0v) is 16.1. The number of benzene rings is 1. The maximum Gasteiger partial charge on any atom is 0.258 e. The lowest BCUT2D eigenvalue weighted by molar-refractivity contribution is -0.123. The number of aromatic nitrogens is 2. The monoisotopic (exact) mass is 401 g/mol. The van der Waals surface area contributed by atoms with Crippen molar-refractivity contribution in [1.29, 1.82) is 0 Å². The lowest BCUT2D eigenvalue weighted by atomic mass is 9.92. The largest absolute Gasteiger partial charge is 0.342 e. The van der Waals surface area contributed by atoms with Crippen LogP contribution in [0.15, 0.2) is 23.0 Å². The van der Waals surface area contributed by atoms with Gasteiger partial charge in [0.15, 0.2) is 0 Å². The third-order valence-electron chi connectivity index (χ3n) is 5.10. The van der Waals surface area contributed by atoms with E-state index in [2.05, 4.69) is 20.6 Å². The number of anilines is 3. The number of nitrogens with zero attached hydrogens (tertiary/aromatic N) is 2. The Hall–Kier alpha value is -2.87. The summed E-state index contributed by atoms with van der Waals surface area (Å²) in [4.78, 5) is 46.9. The predicted octanol–water partition coefficient (Wildman–Crippen LogP) is 2.40.